The van der Waals surface area contributed by atoms with Gasteiger partial charge >= 0.3 is 0 Å². The molecule has 6 heteroatoms. The zero-order valence-electron chi connectivity index (χ0n) is 11.8. The van der Waals surface area contributed by atoms with Crippen LogP contribution >= 0.6 is 0 Å². The third-order valence-electron chi connectivity index (χ3n) is 3.84. The van der Waals surface area contributed by atoms with E-state index in [2.05, 4.69) is 15.2 Å². The molecule has 114 valence electrons. The summed E-state index contributed by atoms with van der Waals surface area (Å²) < 4.78 is 28.4. The number of pyridine rings is 1. The molecule has 2 aromatic carbocycles. The summed E-state index contributed by atoms with van der Waals surface area (Å²) in [6.07, 6.45) is 1.51. The number of hydrogen-bond donors (Lipinski definition) is 2. The van der Waals surface area contributed by atoms with Crippen LogP contribution in [0.4, 0.5) is 8.78 Å². The number of fused-ring (bicyclic) bond motifs is 3. The van der Waals surface area contributed by atoms with Gasteiger partial charge in [0, 0.05) is 10.8 Å². The molecule has 0 unspecified atom stereocenters. The molecule has 0 atom stereocenters. The minimum absolute atomic E-state index is 0.170. The van der Waals surface area contributed by atoms with Crippen LogP contribution in [0, 0.1) is 11.6 Å². The van der Waals surface area contributed by atoms with Gasteiger partial charge in [0.15, 0.2) is 0 Å². The van der Waals surface area contributed by atoms with Crippen LogP contribution in [0.3, 0.4) is 0 Å². The van der Waals surface area contributed by atoms with Crippen LogP contribution in [0.2, 0.25) is 0 Å². The Bertz CT molecular complexity index is 1020. The van der Waals surface area contributed by atoms with Crippen molar-refractivity contribution >= 4 is 21.8 Å². The van der Waals surface area contributed by atoms with Gasteiger partial charge in [0.05, 0.1) is 29.6 Å². The number of aromatic nitrogens is 3. The molecule has 0 saturated heterocycles. The topological polar surface area (TPSA) is 61.8 Å². The number of rotatable bonds is 2. The minimum atomic E-state index is -0.684. The third-order valence-corrected chi connectivity index (χ3v) is 3.84. The largest absolute Gasteiger partial charge is 0.392 e. The molecule has 0 amide bonds. The smallest absolute Gasteiger partial charge is 0.135 e. The second-order valence-electron chi connectivity index (χ2n) is 5.23. The highest BCUT2D eigenvalue weighted by molar-refractivity contribution is 6.09. The molecular formula is C17H11F2N3O. The zero-order valence-corrected chi connectivity index (χ0v) is 11.8. The molecule has 0 radical (unpaired) electrons. The van der Waals surface area contributed by atoms with Crippen molar-refractivity contribution in [2.75, 3.05) is 0 Å². The quantitative estimate of drug-likeness (QED) is 0.595. The van der Waals surface area contributed by atoms with Gasteiger partial charge in [0.1, 0.15) is 17.2 Å². The number of halogens is 2. The molecule has 2 aromatic heterocycles. The van der Waals surface area contributed by atoms with Crippen LogP contribution < -0.4 is 0 Å². The van der Waals surface area contributed by atoms with Crippen LogP contribution in [0.15, 0.2) is 42.6 Å². The van der Waals surface area contributed by atoms with Crippen LogP contribution in [-0.2, 0) is 6.61 Å². The first-order chi connectivity index (χ1) is 11.2. The Morgan fingerprint density at radius 2 is 1.83 bits per heavy atom. The normalized spacial score (nSPS) is 11.4. The van der Waals surface area contributed by atoms with Crippen LogP contribution in [0.25, 0.3) is 33.1 Å². The number of aliphatic hydroxyl groups excluding tert-OH is 1. The van der Waals surface area contributed by atoms with E-state index in [0.29, 0.717) is 22.0 Å². The van der Waals surface area contributed by atoms with Crippen molar-refractivity contribution in [1.29, 1.82) is 0 Å². The van der Waals surface area contributed by atoms with Crippen LogP contribution in [-0.4, -0.2) is 20.3 Å². The first kappa shape index (κ1) is 13.8. The lowest BCUT2D eigenvalue weighted by molar-refractivity contribution is 0.282. The van der Waals surface area contributed by atoms with Gasteiger partial charge in [-0.25, -0.2) is 13.8 Å². The first-order valence-corrected chi connectivity index (χ1v) is 7.00. The molecule has 0 aliphatic heterocycles. The van der Waals surface area contributed by atoms with E-state index < -0.39 is 11.6 Å². The van der Waals surface area contributed by atoms with Gasteiger partial charge < -0.3 is 5.11 Å². The van der Waals surface area contributed by atoms with E-state index >= 15 is 0 Å². The van der Waals surface area contributed by atoms with Crippen molar-refractivity contribution < 1.29 is 13.9 Å². The second-order valence-corrected chi connectivity index (χ2v) is 5.23. The molecule has 2 heterocycles. The molecular weight excluding hydrogens is 300 g/mol. The fourth-order valence-corrected chi connectivity index (χ4v) is 2.76. The van der Waals surface area contributed by atoms with E-state index in [0.717, 1.165) is 5.39 Å². The van der Waals surface area contributed by atoms with E-state index in [-0.39, 0.29) is 17.9 Å². The first-order valence-electron chi connectivity index (χ1n) is 7.00. The van der Waals surface area contributed by atoms with Gasteiger partial charge in [-0.15, -0.1) is 0 Å². The Hall–Kier alpha value is -2.86. The lowest BCUT2D eigenvalue weighted by Gasteiger charge is -2.10. The number of hydrogen-bond acceptors (Lipinski definition) is 3. The molecule has 0 bridgehead atoms. The summed E-state index contributed by atoms with van der Waals surface area (Å²) in [6, 6.07) is 8.92. The minimum Gasteiger partial charge on any atom is -0.392 e. The van der Waals surface area contributed by atoms with Gasteiger partial charge in [-0.1, -0.05) is 18.2 Å². The SMILES string of the molecule is OCc1ccc2c(c1)c(-c1c(F)cccc1F)nc1cn[nH]c12. The summed E-state index contributed by atoms with van der Waals surface area (Å²) in [5.74, 6) is -1.37. The molecule has 4 rings (SSSR count). The van der Waals surface area contributed by atoms with Crippen LogP contribution in [0.1, 0.15) is 5.56 Å². The summed E-state index contributed by atoms with van der Waals surface area (Å²) in [6.45, 7) is -0.170. The highest BCUT2D eigenvalue weighted by atomic mass is 19.1. The molecule has 0 fully saturated rings. The molecule has 0 spiro atoms. The summed E-state index contributed by atoms with van der Waals surface area (Å²) in [4.78, 5) is 4.38. The highest BCUT2D eigenvalue weighted by Crippen LogP contribution is 2.34. The van der Waals surface area contributed by atoms with Crippen molar-refractivity contribution in [3.63, 3.8) is 0 Å². The Kier molecular flexibility index (Phi) is 3.06. The lowest BCUT2D eigenvalue weighted by atomic mass is 10.00. The van der Waals surface area contributed by atoms with Crippen molar-refractivity contribution in [2.24, 2.45) is 0 Å². The number of nitrogens with zero attached hydrogens (tertiary/aromatic N) is 2. The van der Waals surface area contributed by atoms with Crippen molar-refractivity contribution in [3.8, 4) is 11.3 Å². The zero-order chi connectivity index (χ0) is 16.0. The maximum absolute atomic E-state index is 14.2. The standard InChI is InChI=1S/C17H11F2N3O/c18-12-2-1-3-13(19)15(12)17-11-6-9(8-23)4-5-10(11)16-14(21-17)7-20-22-16/h1-7,23H,8H2,(H,20,22). The second kappa shape index (κ2) is 5.10. The number of benzene rings is 2. The third kappa shape index (κ3) is 2.07. The lowest BCUT2D eigenvalue weighted by Crippen LogP contribution is -1.96. The summed E-state index contributed by atoms with van der Waals surface area (Å²) in [5, 5.41) is 17.4. The van der Waals surface area contributed by atoms with Gasteiger partial charge in [-0.2, -0.15) is 5.10 Å². The molecule has 4 nitrogen and oxygen atoms in total. The molecule has 23 heavy (non-hydrogen) atoms. The maximum Gasteiger partial charge on any atom is 0.135 e. The predicted molar refractivity (Wildman–Crippen MR) is 82.7 cm³/mol. The Morgan fingerprint density at radius 1 is 1.04 bits per heavy atom. The Labute approximate surface area is 129 Å². The van der Waals surface area contributed by atoms with E-state index in [1.54, 1.807) is 18.2 Å². The summed E-state index contributed by atoms with van der Waals surface area (Å²) in [5.41, 5.74) is 1.85. The average Bonchev–Trinajstić information content (AvgIpc) is 3.02. The maximum atomic E-state index is 14.2. The fourth-order valence-electron chi connectivity index (χ4n) is 2.76. The van der Waals surface area contributed by atoms with Gasteiger partial charge in [-0.3, -0.25) is 5.10 Å². The van der Waals surface area contributed by atoms with E-state index in [4.69, 9.17) is 0 Å². The van der Waals surface area contributed by atoms with Crippen LogP contribution in [0.5, 0.6) is 0 Å². The van der Waals surface area contributed by atoms with E-state index in [9.17, 15) is 13.9 Å². The fraction of sp³-hybridized carbons (Fsp3) is 0.0588. The van der Waals surface area contributed by atoms with Gasteiger partial charge in [0.2, 0.25) is 0 Å². The molecule has 2 N–H and O–H groups in total. The predicted octanol–water partition coefficient (Wildman–Crippen LogP) is 3.55. The number of H-pyrrole nitrogens is 1. The highest BCUT2D eigenvalue weighted by Gasteiger charge is 2.18. The number of aromatic amines is 1. The molecule has 0 aliphatic rings. The Morgan fingerprint density at radius 3 is 2.57 bits per heavy atom. The summed E-state index contributed by atoms with van der Waals surface area (Å²) in [7, 11) is 0. The van der Waals surface area contributed by atoms with Crippen molar-refractivity contribution in [3.05, 3.63) is 59.8 Å². The molecule has 0 aliphatic carbocycles. The van der Waals surface area contributed by atoms with Crippen molar-refractivity contribution in [2.45, 2.75) is 6.61 Å². The monoisotopic (exact) mass is 311 g/mol. The van der Waals surface area contributed by atoms with Gasteiger partial charge in [-0.05, 0) is 23.8 Å². The summed E-state index contributed by atoms with van der Waals surface area (Å²) >= 11 is 0. The van der Waals surface area contributed by atoms with E-state index in [1.165, 1.54) is 24.4 Å². The average molecular weight is 311 g/mol. The number of aliphatic hydroxyl groups is 1. The number of nitrogens with one attached hydrogen (secondary N) is 1. The molecule has 4 aromatic rings. The van der Waals surface area contributed by atoms with Gasteiger partial charge in [0.25, 0.3) is 0 Å². The molecule has 0 saturated carbocycles. The Balaban J connectivity index is 2.19. The van der Waals surface area contributed by atoms with Crippen molar-refractivity contribution in [1.82, 2.24) is 15.2 Å². The van der Waals surface area contributed by atoms with E-state index in [1.807, 2.05) is 0 Å².